The highest BCUT2D eigenvalue weighted by Crippen LogP contribution is 2.22. The highest BCUT2D eigenvalue weighted by atomic mass is 35.5. The Labute approximate surface area is 138 Å². The Morgan fingerprint density at radius 3 is 2.52 bits per heavy atom. The van der Waals surface area contributed by atoms with Crippen molar-refractivity contribution in [1.82, 2.24) is 5.32 Å². The molecule has 21 heavy (non-hydrogen) atoms. The zero-order valence-corrected chi connectivity index (χ0v) is 14.1. The molecule has 0 aromatic heterocycles. The number of anilines is 1. The number of hydrogen-bond acceptors (Lipinski definition) is 5. The summed E-state index contributed by atoms with van der Waals surface area (Å²) in [6, 6.07) is 5.20. The molecule has 0 heterocycles. The quantitative estimate of drug-likeness (QED) is 0.523. The van der Waals surface area contributed by atoms with Gasteiger partial charge in [-0.05, 0) is 25.1 Å². The van der Waals surface area contributed by atoms with Gasteiger partial charge in [0.2, 0.25) is 0 Å². The largest absolute Gasteiger partial charge is 0.490 e. The fourth-order valence-corrected chi connectivity index (χ4v) is 1.57. The van der Waals surface area contributed by atoms with E-state index in [1.165, 1.54) is 6.92 Å². The van der Waals surface area contributed by atoms with Gasteiger partial charge in [-0.3, -0.25) is 4.79 Å². The number of aliphatic hydroxyl groups is 1. The zero-order chi connectivity index (χ0) is 14.4. The van der Waals surface area contributed by atoms with Gasteiger partial charge >= 0.3 is 0 Å². The van der Waals surface area contributed by atoms with E-state index in [4.69, 9.17) is 10.5 Å². The first-order valence-corrected chi connectivity index (χ1v) is 6.35. The topological polar surface area (TPSA) is 84.6 Å². The smallest absolute Gasteiger partial charge is 0.163 e. The monoisotopic (exact) mass is 338 g/mol. The summed E-state index contributed by atoms with van der Waals surface area (Å²) < 4.78 is 5.48. The average molecular weight is 339 g/mol. The molecule has 0 aliphatic rings. The van der Waals surface area contributed by atoms with Crippen molar-refractivity contribution in [2.75, 3.05) is 18.9 Å². The van der Waals surface area contributed by atoms with Crippen LogP contribution >= 0.6 is 24.8 Å². The Kier molecular flexibility index (Phi) is 11.3. The van der Waals surface area contributed by atoms with Crippen LogP contribution in [0.25, 0.3) is 0 Å². The number of halogens is 2. The molecule has 0 aliphatic heterocycles. The number of nitrogens with two attached hydrogens (primary N) is 1. The first-order chi connectivity index (χ1) is 8.90. The molecule has 7 heteroatoms. The SMILES string of the molecule is CC(=O)c1cc(N)ccc1OCC(O)CNC(C)C.Cl.Cl. The number of benzene rings is 1. The molecule has 4 N–H and O–H groups in total. The maximum absolute atomic E-state index is 11.5. The number of hydrogen-bond donors (Lipinski definition) is 3. The second-order valence-corrected chi connectivity index (χ2v) is 4.84. The van der Waals surface area contributed by atoms with Gasteiger partial charge in [0, 0.05) is 18.3 Å². The minimum atomic E-state index is -0.625. The third kappa shape index (κ3) is 8.12. The molecule has 0 radical (unpaired) electrons. The Hall–Kier alpha value is -1.01. The molecule has 0 amide bonds. The van der Waals surface area contributed by atoms with E-state index in [2.05, 4.69) is 5.32 Å². The van der Waals surface area contributed by atoms with Gasteiger partial charge in [0.1, 0.15) is 18.5 Å². The summed E-state index contributed by atoms with van der Waals surface area (Å²) in [5.74, 6) is 0.336. The number of carbonyl (C=O) groups excluding carboxylic acids is 1. The molecule has 122 valence electrons. The third-order valence-corrected chi connectivity index (χ3v) is 2.58. The normalized spacial score (nSPS) is 11.3. The predicted molar refractivity (Wildman–Crippen MR) is 90.0 cm³/mol. The summed E-state index contributed by atoms with van der Waals surface area (Å²) >= 11 is 0. The highest BCUT2D eigenvalue weighted by Gasteiger charge is 2.11. The Bertz CT molecular complexity index is 442. The minimum Gasteiger partial charge on any atom is -0.490 e. The molecule has 1 rings (SSSR count). The Morgan fingerprint density at radius 1 is 1.38 bits per heavy atom. The van der Waals surface area contributed by atoms with E-state index in [1.54, 1.807) is 18.2 Å². The van der Waals surface area contributed by atoms with Crippen LogP contribution in [0.5, 0.6) is 5.75 Å². The second-order valence-electron chi connectivity index (χ2n) is 4.84. The van der Waals surface area contributed by atoms with E-state index >= 15 is 0 Å². The molecule has 0 spiro atoms. The number of rotatable bonds is 7. The van der Waals surface area contributed by atoms with Crippen LogP contribution in [0.15, 0.2) is 18.2 Å². The van der Waals surface area contributed by atoms with Crippen molar-refractivity contribution >= 4 is 36.3 Å². The van der Waals surface area contributed by atoms with Crippen molar-refractivity contribution in [2.24, 2.45) is 0 Å². The number of Topliss-reactive ketones (excluding diaryl/α,β-unsaturated/α-hetero) is 1. The van der Waals surface area contributed by atoms with Gasteiger partial charge in [-0.2, -0.15) is 0 Å². The number of aliphatic hydroxyl groups excluding tert-OH is 1. The van der Waals surface area contributed by atoms with Gasteiger partial charge < -0.3 is 20.9 Å². The zero-order valence-electron chi connectivity index (χ0n) is 12.5. The van der Waals surface area contributed by atoms with Crippen LogP contribution in [0.1, 0.15) is 31.1 Å². The maximum Gasteiger partial charge on any atom is 0.163 e. The molecule has 0 bridgehead atoms. The van der Waals surface area contributed by atoms with Crippen LogP contribution in [0, 0.1) is 0 Å². The molecule has 0 saturated heterocycles. The lowest BCUT2D eigenvalue weighted by atomic mass is 10.1. The summed E-state index contributed by atoms with van der Waals surface area (Å²) in [6.45, 7) is 6.03. The molecule has 0 aliphatic carbocycles. The first-order valence-electron chi connectivity index (χ1n) is 6.35. The lowest BCUT2D eigenvalue weighted by Crippen LogP contribution is -2.35. The molecule has 1 aromatic carbocycles. The number of nitrogens with one attached hydrogen (secondary N) is 1. The van der Waals surface area contributed by atoms with Crippen LogP contribution < -0.4 is 15.8 Å². The van der Waals surface area contributed by atoms with Gasteiger partial charge in [0.15, 0.2) is 5.78 Å². The minimum absolute atomic E-state index is 0. The highest BCUT2D eigenvalue weighted by molar-refractivity contribution is 5.97. The molecule has 0 saturated carbocycles. The molecule has 1 atom stereocenters. The lowest BCUT2D eigenvalue weighted by molar-refractivity contribution is 0.0968. The number of ketones is 1. The van der Waals surface area contributed by atoms with E-state index in [1.807, 2.05) is 13.8 Å². The van der Waals surface area contributed by atoms with Gasteiger partial charge in [-0.15, -0.1) is 24.8 Å². The van der Waals surface area contributed by atoms with Crippen molar-refractivity contribution in [1.29, 1.82) is 0 Å². The van der Waals surface area contributed by atoms with Crippen LogP contribution in [-0.4, -0.2) is 36.2 Å². The van der Waals surface area contributed by atoms with Crippen molar-refractivity contribution in [3.05, 3.63) is 23.8 Å². The fourth-order valence-electron chi connectivity index (χ4n) is 1.57. The third-order valence-electron chi connectivity index (χ3n) is 2.58. The van der Waals surface area contributed by atoms with Crippen molar-refractivity contribution < 1.29 is 14.6 Å². The lowest BCUT2D eigenvalue weighted by Gasteiger charge is -2.16. The molecular formula is C14H24Cl2N2O3. The van der Waals surface area contributed by atoms with Gasteiger partial charge in [-0.1, -0.05) is 13.8 Å². The van der Waals surface area contributed by atoms with Gasteiger partial charge in [0.25, 0.3) is 0 Å². The van der Waals surface area contributed by atoms with Gasteiger partial charge in [-0.25, -0.2) is 0 Å². The Balaban J connectivity index is 0. The van der Waals surface area contributed by atoms with E-state index in [9.17, 15) is 9.90 Å². The van der Waals surface area contributed by atoms with E-state index in [0.717, 1.165) is 0 Å². The predicted octanol–water partition coefficient (Wildman–Crippen LogP) is 2.05. The van der Waals surface area contributed by atoms with Crippen molar-refractivity contribution in [3.63, 3.8) is 0 Å². The van der Waals surface area contributed by atoms with Crippen molar-refractivity contribution in [2.45, 2.75) is 32.9 Å². The summed E-state index contributed by atoms with van der Waals surface area (Å²) in [7, 11) is 0. The summed E-state index contributed by atoms with van der Waals surface area (Å²) in [5, 5.41) is 12.9. The number of nitrogen functional groups attached to an aromatic ring is 1. The van der Waals surface area contributed by atoms with Crippen LogP contribution in [0.2, 0.25) is 0 Å². The van der Waals surface area contributed by atoms with E-state index < -0.39 is 6.10 Å². The number of ether oxygens (including phenoxy) is 1. The van der Waals surface area contributed by atoms with Gasteiger partial charge in [0.05, 0.1) is 5.56 Å². The van der Waals surface area contributed by atoms with Crippen LogP contribution in [0.4, 0.5) is 5.69 Å². The first kappa shape index (κ1) is 22.3. The summed E-state index contributed by atoms with van der Waals surface area (Å²) in [4.78, 5) is 11.5. The maximum atomic E-state index is 11.5. The Morgan fingerprint density at radius 2 is 2.00 bits per heavy atom. The van der Waals surface area contributed by atoms with E-state index in [-0.39, 0.29) is 37.2 Å². The average Bonchev–Trinajstić information content (AvgIpc) is 2.34. The summed E-state index contributed by atoms with van der Waals surface area (Å²) in [5.41, 5.74) is 6.58. The molecule has 5 nitrogen and oxygen atoms in total. The standard InChI is InChI=1S/C14H22N2O3.2ClH/c1-9(2)16-7-12(18)8-19-14-5-4-11(15)6-13(14)10(3)17;;/h4-6,9,12,16,18H,7-8,15H2,1-3H3;2*1H. The summed E-state index contributed by atoms with van der Waals surface area (Å²) in [6.07, 6.45) is -0.625. The van der Waals surface area contributed by atoms with Crippen molar-refractivity contribution in [3.8, 4) is 5.75 Å². The second kappa shape index (κ2) is 10.7. The molecule has 1 aromatic rings. The molecule has 0 fully saturated rings. The van der Waals surface area contributed by atoms with E-state index in [0.29, 0.717) is 29.6 Å². The molecular weight excluding hydrogens is 315 g/mol. The fraction of sp³-hybridized carbons (Fsp3) is 0.500. The molecule has 1 unspecified atom stereocenters. The number of carbonyl (C=O) groups is 1. The van der Waals surface area contributed by atoms with Crippen LogP contribution in [-0.2, 0) is 0 Å². The van der Waals surface area contributed by atoms with Crippen LogP contribution in [0.3, 0.4) is 0 Å².